The lowest BCUT2D eigenvalue weighted by Gasteiger charge is -2.15. The normalized spacial score (nSPS) is 12.7. The molecule has 1 N–H and O–H groups in total. The molecule has 0 aliphatic carbocycles. The van der Waals surface area contributed by atoms with Crippen LogP contribution in [0.4, 0.5) is 0 Å². The first-order valence-electron chi connectivity index (χ1n) is 5.27. The van der Waals surface area contributed by atoms with Gasteiger partial charge in [-0.1, -0.05) is 6.92 Å². The van der Waals surface area contributed by atoms with Gasteiger partial charge in [-0.2, -0.15) is 0 Å². The van der Waals surface area contributed by atoms with Crippen LogP contribution in [0.15, 0.2) is 12.3 Å². The van der Waals surface area contributed by atoms with Crippen LogP contribution in [-0.2, 0) is 11.2 Å². The lowest BCUT2D eigenvalue weighted by atomic mass is 10.2. The molecule has 84 valence electrons. The van der Waals surface area contributed by atoms with E-state index in [-0.39, 0.29) is 0 Å². The average molecular weight is 209 g/mol. The number of hydrogen-bond donors (Lipinski definition) is 1. The first kappa shape index (κ1) is 12.1. The van der Waals surface area contributed by atoms with Crippen molar-refractivity contribution in [3.05, 3.63) is 23.8 Å². The SMILES string of the molecule is CCNC(COC)Cc1nccc(C)n1. The average Bonchev–Trinajstić information content (AvgIpc) is 2.18. The van der Waals surface area contributed by atoms with E-state index in [1.165, 1.54) is 0 Å². The second kappa shape index (κ2) is 6.48. The molecule has 1 heterocycles. The zero-order valence-electron chi connectivity index (χ0n) is 9.66. The Bertz CT molecular complexity index is 285. The number of rotatable bonds is 6. The fraction of sp³-hybridized carbons (Fsp3) is 0.636. The number of ether oxygens (including phenoxy) is 1. The molecule has 15 heavy (non-hydrogen) atoms. The van der Waals surface area contributed by atoms with E-state index >= 15 is 0 Å². The molecule has 0 aliphatic rings. The number of nitrogens with one attached hydrogen (secondary N) is 1. The molecule has 1 unspecified atom stereocenters. The Morgan fingerprint density at radius 2 is 2.33 bits per heavy atom. The molecule has 1 aromatic rings. The topological polar surface area (TPSA) is 47.0 Å². The van der Waals surface area contributed by atoms with Crippen molar-refractivity contribution in [2.45, 2.75) is 26.3 Å². The van der Waals surface area contributed by atoms with Crippen LogP contribution in [0.3, 0.4) is 0 Å². The Labute approximate surface area is 91.1 Å². The molecule has 0 aromatic carbocycles. The first-order valence-corrected chi connectivity index (χ1v) is 5.27. The van der Waals surface area contributed by atoms with Gasteiger partial charge in [0.25, 0.3) is 0 Å². The van der Waals surface area contributed by atoms with Crippen LogP contribution in [0.2, 0.25) is 0 Å². The fourth-order valence-electron chi connectivity index (χ4n) is 1.50. The van der Waals surface area contributed by atoms with Crippen molar-refractivity contribution in [3.8, 4) is 0 Å². The summed E-state index contributed by atoms with van der Waals surface area (Å²) in [6.07, 6.45) is 2.61. The maximum absolute atomic E-state index is 5.14. The summed E-state index contributed by atoms with van der Waals surface area (Å²) in [7, 11) is 1.71. The third-order valence-electron chi connectivity index (χ3n) is 2.13. The van der Waals surface area contributed by atoms with E-state index in [4.69, 9.17) is 4.74 Å². The van der Waals surface area contributed by atoms with Crippen molar-refractivity contribution in [1.82, 2.24) is 15.3 Å². The van der Waals surface area contributed by atoms with Crippen molar-refractivity contribution in [2.75, 3.05) is 20.3 Å². The number of methoxy groups -OCH3 is 1. The molecule has 0 aliphatic heterocycles. The van der Waals surface area contributed by atoms with Gasteiger partial charge in [-0.05, 0) is 19.5 Å². The number of aromatic nitrogens is 2. The van der Waals surface area contributed by atoms with E-state index in [9.17, 15) is 0 Å². The standard InChI is InChI=1S/C11H19N3O/c1-4-12-10(8-15-3)7-11-13-6-5-9(2)14-11/h5-6,10,12H,4,7-8H2,1-3H3. The van der Waals surface area contributed by atoms with Gasteiger partial charge in [0.15, 0.2) is 0 Å². The molecular weight excluding hydrogens is 190 g/mol. The van der Waals surface area contributed by atoms with Gasteiger partial charge < -0.3 is 10.1 Å². The van der Waals surface area contributed by atoms with E-state index in [1.54, 1.807) is 13.3 Å². The van der Waals surface area contributed by atoms with Crippen LogP contribution in [0.25, 0.3) is 0 Å². The monoisotopic (exact) mass is 209 g/mol. The van der Waals surface area contributed by atoms with Gasteiger partial charge in [0.05, 0.1) is 6.61 Å². The minimum atomic E-state index is 0.293. The summed E-state index contributed by atoms with van der Waals surface area (Å²) in [5.41, 5.74) is 1.01. The minimum Gasteiger partial charge on any atom is -0.383 e. The quantitative estimate of drug-likeness (QED) is 0.758. The van der Waals surface area contributed by atoms with E-state index < -0.39 is 0 Å². The zero-order valence-corrected chi connectivity index (χ0v) is 9.66. The molecule has 1 atom stereocenters. The summed E-state index contributed by atoms with van der Waals surface area (Å²) < 4.78 is 5.14. The number of nitrogens with zero attached hydrogens (tertiary/aromatic N) is 2. The molecule has 0 bridgehead atoms. The molecule has 0 fully saturated rings. The summed E-state index contributed by atoms with van der Waals surface area (Å²) >= 11 is 0. The van der Waals surface area contributed by atoms with Crippen molar-refractivity contribution in [1.29, 1.82) is 0 Å². The first-order chi connectivity index (χ1) is 7.26. The van der Waals surface area contributed by atoms with Crippen LogP contribution in [0.5, 0.6) is 0 Å². The fourth-order valence-corrected chi connectivity index (χ4v) is 1.50. The summed E-state index contributed by atoms with van der Waals surface area (Å²) in [6, 6.07) is 2.20. The van der Waals surface area contributed by atoms with Crippen LogP contribution >= 0.6 is 0 Å². The number of hydrogen-bond acceptors (Lipinski definition) is 4. The van der Waals surface area contributed by atoms with Crippen molar-refractivity contribution in [2.24, 2.45) is 0 Å². The summed E-state index contributed by atoms with van der Waals surface area (Å²) in [5.74, 6) is 0.873. The van der Waals surface area contributed by atoms with Crippen molar-refractivity contribution < 1.29 is 4.74 Å². The van der Waals surface area contributed by atoms with Crippen molar-refractivity contribution >= 4 is 0 Å². The molecule has 1 aromatic heterocycles. The Balaban J connectivity index is 2.56. The summed E-state index contributed by atoms with van der Waals surface area (Å²) in [6.45, 7) is 5.68. The van der Waals surface area contributed by atoms with Crippen LogP contribution in [0.1, 0.15) is 18.4 Å². The number of aryl methyl sites for hydroxylation is 1. The summed E-state index contributed by atoms with van der Waals surface area (Å²) in [5, 5.41) is 3.35. The Morgan fingerprint density at radius 1 is 1.53 bits per heavy atom. The van der Waals surface area contributed by atoms with Gasteiger partial charge in [0.1, 0.15) is 5.82 Å². The largest absolute Gasteiger partial charge is 0.383 e. The van der Waals surface area contributed by atoms with Crippen LogP contribution in [-0.4, -0.2) is 36.3 Å². The maximum atomic E-state index is 5.14. The maximum Gasteiger partial charge on any atom is 0.130 e. The van der Waals surface area contributed by atoms with Gasteiger partial charge in [-0.25, -0.2) is 9.97 Å². The van der Waals surface area contributed by atoms with E-state index in [0.717, 1.165) is 24.5 Å². The highest BCUT2D eigenvalue weighted by atomic mass is 16.5. The number of likely N-dealkylation sites (N-methyl/N-ethyl adjacent to an activating group) is 1. The third-order valence-corrected chi connectivity index (χ3v) is 2.13. The van der Waals surface area contributed by atoms with E-state index in [1.807, 2.05) is 13.0 Å². The molecule has 0 radical (unpaired) electrons. The summed E-state index contributed by atoms with van der Waals surface area (Å²) in [4.78, 5) is 8.61. The second-order valence-electron chi connectivity index (χ2n) is 3.53. The molecule has 0 saturated carbocycles. The minimum absolute atomic E-state index is 0.293. The highest BCUT2D eigenvalue weighted by Gasteiger charge is 2.09. The third kappa shape index (κ3) is 4.36. The van der Waals surface area contributed by atoms with Gasteiger partial charge in [0, 0.05) is 31.5 Å². The Morgan fingerprint density at radius 3 is 2.93 bits per heavy atom. The predicted octanol–water partition coefficient (Wildman–Crippen LogP) is 0.952. The van der Waals surface area contributed by atoms with Gasteiger partial charge >= 0.3 is 0 Å². The highest BCUT2D eigenvalue weighted by Crippen LogP contribution is 1.99. The molecule has 0 amide bonds. The molecular formula is C11H19N3O. The Hall–Kier alpha value is -1.00. The van der Waals surface area contributed by atoms with Gasteiger partial charge in [0.2, 0.25) is 0 Å². The van der Waals surface area contributed by atoms with Gasteiger partial charge in [-0.15, -0.1) is 0 Å². The molecule has 0 spiro atoms. The van der Waals surface area contributed by atoms with E-state index in [2.05, 4.69) is 22.2 Å². The molecule has 0 saturated heterocycles. The highest BCUT2D eigenvalue weighted by molar-refractivity contribution is 5.01. The van der Waals surface area contributed by atoms with E-state index in [0.29, 0.717) is 12.6 Å². The van der Waals surface area contributed by atoms with Crippen molar-refractivity contribution in [3.63, 3.8) is 0 Å². The lowest BCUT2D eigenvalue weighted by molar-refractivity contribution is 0.166. The smallest absolute Gasteiger partial charge is 0.130 e. The zero-order chi connectivity index (χ0) is 11.1. The molecule has 1 rings (SSSR count). The Kier molecular flexibility index (Phi) is 5.21. The molecule has 4 nitrogen and oxygen atoms in total. The van der Waals surface area contributed by atoms with Crippen LogP contribution < -0.4 is 5.32 Å². The predicted molar refractivity (Wildman–Crippen MR) is 59.8 cm³/mol. The second-order valence-corrected chi connectivity index (χ2v) is 3.53. The van der Waals surface area contributed by atoms with Gasteiger partial charge in [-0.3, -0.25) is 0 Å². The van der Waals surface area contributed by atoms with Crippen LogP contribution in [0, 0.1) is 6.92 Å². The molecule has 4 heteroatoms. The lowest BCUT2D eigenvalue weighted by Crippen LogP contribution is -2.35.